The van der Waals surface area contributed by atoms with E-state index >= 15 is 0 Å². The van der Waals surface area contributed by atoms with Gasteiger partial charge in [0.2, 0.25) is 6.79 Å². The molecule has 6 heteroatoms. The number of carbonyl (C=O) groups excluding carboxylic acids is 1. The third-order valence-electron chi connectivity index (χ3n) is 3.04. The summed E-state index contributed by atoms with van der Waals surface area (Å²) in [5, 5.41) is 2.80. The van der Waals surface area contributed by atoms with Crippen molar-refractivity contribution in [1.29, 1.82) is 0 Å². The van der Waals surface area contributed by atoms with Gasteiger partial charge in [-0.1, -0.05) is 24.4 Å². The number of nitrogens with one attached hydrogen (secondary N) is 1. The molecule has 5 nitrogen and oxygen atoms in total. The van der Waals surface area contributed by atoms with Crippen molar-refractivity contribution in [2.45, 2.75) is 0 Å². The number of amides is 1. The Bertz CT molecular complexity index is 731. The van der Waals surface area contributed by atoms with Gasteiger partial charge >= 0.3 is 0 Å². The molecule has 21 heavy (non-hydrogen) atoms. The van der Waals surface area contributed by atoms with Gasteiger partial charge in [0.05, 0.1) is 0 Å². The van der Waals surface area contributed by atoms with Crippen molar-refractivity contribution >= 4 is 28.8 Å². The number of fused-ring (bicyclic) bond motifs is 1. The highest BCUT2D eigenvalue weighted by molar-refractivity contribution is 7.80. The van der Waals surface area contributed by atoms with Crippen molar-refractivity contribution < 1.29 is 14.3 Å². The van der Waals surface area contributed by atoms with Gasteiger partial charge in [0.25, 0.3) is 5.91 Å². The van der Waals surface area contributed by atoms with E-state index in [4.69, 9.17) is 27.4 Å². The van der Waals surface area contributed by atoms with Crippen molar-refractivity contribution in [1.82, 2.24) is 0 Å². The van der Waals surface area contributed by atoms with Crippen molar-refractivity contribution in [2.75, 3.05) is 12.1 Å². The van der Waals surface area contributed by atoms with Crippen LogP contribution >= 0.6 is 12.2 Å². The average molecular weight is 300 g/mol. The Morgan fingerprint density at radius 3 is 2.67 bits per heavy atom. The van der Waals surface area contributed by atoms with Gasteiger partial charge in [0, 0.05) is 22.9 Å². The van der Waals surface area contributed by atoms with Gasteiger partial charge in [0.1, 0.15) is 4.99 Å². The molecule has 0 fully saturated rings. The first kappa shape index (κ1) is 13.4. The van der Waals surface area contributed by atoms with E-state index in [1.807, 2.05) is 0 Å². The van der Waals surface area contributed by atoms with E-state index in [0.29, 0.717) is 28.3 Å². The lowest BCUT2D eigenvalue weighted by molar-refractivity contribution is 0.102. The minimum Gasteiger partial charge on any atom is -0.454 e. The molecule has 2 aromatic carbocycles. The first-order valence-corrected chi connectivity index (χ1v) is 6.65. The average Bonchev–Trinajstić information content (AvgIpc) is 2.95. The minimum atomic E-state index is -0.244. The first-order chi connectivity index (χ1) is 10.1. The van der Waals surface area contributed by atoms with Crippen LogP contribution < -0.4 is 20.5 Å². The number of ether oxygens (including phenoxy) is 2. The van der Waals surface area contributed by atoms with Gasteiger partial charge in [-0.25, -0.2) is 0 Å². The summed E-state index contributed by atoms with van der Waals surface area (Å²) >= 11 is 4.91. The normalized spacial score (nSPS) is 12.0. The lowest BCUT2D eigenvalue weighted by Gasteiger charge is -2.07. The number of thiocarbonyl (C=S) groups is 1. The number of nitrogens with two attached hydrogens (primary N) is 1. The number of hydrogen-bond acceptors (Lipinski definition) is 4. The molecule has 0 spiro atoms. The zero-order valence-electron chi connectivity index (χ0n) is 11.0. The second-order valence-corrected chi connectivity index (χ2v) is 4.91. The van der Waals surface area contributed by atoms with Crippen molar-refractivity contribution in [2.24, 2.45) is 5.73 Å². The molecule has 3 N–H and O–H groups in total. The Balaban J connectivity index is 1.80. The van der Waals surface area contributed by atoms with Crippen LogP contribution in [0.15, 0.2) is 42.5 Å². The Morgan fingerprint density at radius 1 is 1.10 bits per heavy atom. The molecule has 0 saturated heterocycles. The molecule has 0 atom stereocenters. The van der Waals surface area contributed by atoms with Crippen molar-refractivity contribution in [3.63, 3.8) is 0 Å². The highest BCUT2D eigenvalue weighted by atomic mass is 32.1. The lowest BCUT2D eigenvalue weighted by atomic mass is 10.1. The van der Waals surface area contributed by atoms with Crippen LogP contribution in [0.25, 0.3) is 0 Å². The smallest absolute Gasteiger partial charge is 0.255 e. The highest BCUT2D eigenvalue weighted by Gasteiger charge is 2.14. The molecule has 1 amide bonds. The molecule has 0 radical (unpaired) electrons. The van der Waals surface area contributed by atoms with Crippen LogP contribution in [0.4, 0.5) is 5.69 Å². The quantitative estimate of drug-likeness (QED) is 0.851. The van der Waals surface area contributed by atoms with Gasteiger partial charge < -0.3 is 20.5 Å². The number of anilines is 1. The summed E-state index contributed by atoms with van der Waals surface area (Å²) in [4.78, 5) is 12.5. The molecule has 0 bridgehead atoms. The molecular formula is C15H12N2O3S. The molecule has 0 saturated carbocycles. The van der Waals surface area contributed by atoms with Gasteiger partial charge in [-0.2, -0.15) is 0 Å². The molecule has 1 aliphatic rings. The Kier molecular flexibility index (Phi) is 3.45. The second-order valence-electron chi connectivity index (χ2n) is 4.47. The van der Waals surface area contributed by atoms with Crippen LogP contribution in [0, 0.1) is 0 Å². The molecule has 3 rings (SSSR count). The molecule has 0 aliphatic carbocycles. The summed E-state index contributed by atoms with van der Waals surface area (Å²) in [7, 11) is 0. The van der Waals surface area contributed by atoms with E-state index in [1.165, 1.54) is 0 Å². The SMILES string of the molecule is NC(=S)c1cccc(C(=O)Nc2ccc3c(c2)OCO3)c1. The molecule has 1 heterocycles. The first-order valence-electron chi connectivity index (χ1n) is 6.24. The van der Waals surface area contributed by atoms with Gasteiger partial charge in [-0.15, -0.1) is 0 Å². The fourth-order valence-electron chi connectivity index (χ4n) is 1.99. The van der Waals surface area contributed by atoms with Gasteiger partial charge in [-0.05, 0) is 24.3 Å². The topological polar surface area (TPSA) is 73.6 Å². The summed E-state index contributed by atoms with van der Waals surface area (Å²) in [6.07, 6.45) is 0. The summed E-state index contributed by atoms with van der Waals surface area (Å²) in [6, 6.07) is 12.1. The van der Waals surface area contributed by atoms with E-state index in [1.54, 1.807) is 42.5 Å². The maximum atomic E-state index is 12.2. The van der Waals surface area contributed by atoms with Crippen LogP contribution in [0.5, 0.6) is 11.5 Å². The Labute approximate surface area is 126 Å². The predicted molar refractivity (Wildman–Crippen MR) is 82.8 cm³/mol. The van der Waals surface area contributed by atoms with Crippen LogP contribution in [-0.4, -0.2) is 17.7 Å². The largest absolute Gasteiger partial charge is 0.454 e. The maximum Gasteiger partial charge on any atom is 0.255 e. The monoisotopic (exact) mass is 300 g/mol. The highest BCUT2D eigenvalue weighted by Crippen LogP contribution is 2.34. The summed E-state index contributed by atoms with van der Waals surface area (Å²) < 4.78 is 10.5. The zero-order valence-corrected chi connectivity index (χ0v) is 11.8. The van der Waals surface area contributed by atoms with E-state index in [9.17, 15) is 4.79 Å². The van der Waals surface area contributed by atoms with Gasteiger partial charge in [0.15, 0.2) is 11.5 Å². The Hall–Kier alpha value is -2.60. The molecule has 2 aromatic rings. The van der Waals surface area contributed by atoms with Gasteiger partial charge in [-0.3, -0.25) is 4.79 Å². The van der Waals surface area contributed by atoms with E-state index in [0.717, 1.165) is 0 Å². The van der Waals surface area contributed by atoms with Crippen molar-refractivity contribution in [3.05, 3.63) is 53.6 Å². The lowest BCUT2D eigenvalue weighted by Crippen LogP contribution is -2.14. The minimum absolute atomic E-state index is 0.197. The van der Waals surface area contributed by atoms with Crippen molar-refractivity contribution in [3.8, 4) is 11.5 Å². The van der Waals surface area contributed by atoms with Crippen LogP contribution in [-0.2, 0) is 0 Å². The molecule has 0 aromatic heterocycles. The second kappa shape index (κ2) is 5.41. The summed E-state index contributed by atoms with van der Waals surface area (Å²) in [5.41, 5.74) is 7.34. The summed E-state index contributed by atoms with van der Waals surface area (Å²) in [6.45, 7) is 0.197. The fraction of sp³-hybridized carbons (Fsp3) is 0.0667. The number of rotatable bonds is 3. The number of carbonyl (C=O) groups is 1. The standard InChI is InChI=1S/C15H12N2O3S/c16-14(21)9-2-1-3-10(6-9)15(18)17-11-4-5-12-13(7-11)20-8-19-12/h1-7H,8H2,(H2,16,21)(H,17,18). The van der Waals surface area contributed by atoms with E-state index in [2.05, 4.69) is 5.32 Å². The van der Waals surface area contributed by atoms with Crippen LogP contribution in [0.3, 0.4) is 0 Å². The third-order valence-corrected chi connectivity index (χ3v) is 3.28. The number of benzene rings is 2. The fourth-order valence-corrected chi connectivity index (χ4v) is 2.12. The molecule has 106 valence electrons. The summed E-state index contributed by atoms with van der Waals surface area (Å²) in [5.74, 6) is 1.04. The maximum absolute atomic E-state index is 12.2. The van der Waals surface area contributed by atoms with Crippen LogP contribution in [0.1, 0.15) is 15.9 Å². The third kappa shape index (κ3) is 2.80. The molecule has 1 aliphatic heterocycles. The molecule has 0 unspecified atom stereocenters. The van der Waals surface area contributed by atoms with E-state index in [-0.39, 0.29) is 17.7 Å². The predicted octanol–water partition coefficient (Wildman–Crippen LogP) is 2.30. The molecular weight excluding hydrogens is 288 g/mol. The van der Waals surface area contributed by atoms with Crippen LogP contribution in [0.2, 0.25) is 0 Å². The Morgan fingerprint density at radius 2 is 1.86 bits per heavy atom. The van der Waals surface area contributed by atoms with E-state index < -0.39 is 0 Å². The number of hydrogen-bond donors (Lipinski definition) is 2. The zero-order chi connectivity index (χ0) is 14.8.